The van der Waals surface area contributed by atoms with Crippen LogP contribution in [-0.2, 0) is 22.7 Å². The van der Waals surface area contributed by atoms with E-state index >= 15 is 0 Å². The summed E-state index contributed by atoms with van der Waals surface area (Å²) in [5.74, 6) is -0.0421. The molecule has 178 valence electrons. The fraction of sp³-hybridized carbons (Fsp3) is 0.455. The van der Waals surface area contributed by atoms with E-state index in [-0.39, 0.29) is 38.8 Å². The van der Waals surface area contributed by atoms with Gasteiger partial charge in [-0.15, -0.1) is 11.3 Å². The van der Waals surface area contributed by atoms with Gasteiger partial charge in [0.05, 0.1) is 34.2 Å². The van der Waals surface area contributed by atoms with Crippen molar-refractivity contribution in [1.29, 1.82) is 0 Å². The average Bonchev–Trinajstić information content (AvgIpc) is 3.25. The van der Waals surface area contributed by atoms with E-state index in [0.29, 0.717) is 22.9 Å². The second kappa shape index (κ2) is 9.44. The number of sulfone groups is 1. The van der Waals surface area contributed by atoms with E-state index < -0.39 is 21.8 Å². The molecule has 0 bridgehead atoms. The number of hydrogen-bond acceptors (Lipinski definition) is 6. The topological polar surface area (TPSA) is 102 Å². The molecule has 2 heterocycles. The predicted molar refractivity (Wildman–Crippen MR) is 131 cm³/mol. The van der Waals surface area contributed by atoms with Crippen LogP contribution in [-0.4, -0.2) is 44.9 Å². The van der Waals surface area contributed by atoms with Crippen LogP contribution in [0.5, 0.6) is 5.75 Å². The highest BCUT2D eigenvalue weighted by molar-refractivity contribution is 7.91. The Labute approximate surface area is 206 Å². The summed E-state index contributed by atoms with van der Waals surface area (Å²) < 4.78 is 28.8. The zero-order chi connectivity index (χ0) is 23.9. The van der Waals surface area contributed by atoms with E-state index in [1.165, 1.54) is 30.6 Å². The molecule has 1 aliphatic heterocycles. The SMILES string of the molecule is COc1c(Cl)cc(C(=O)Nc2sc3c(c2C(=O)N[C@H]2CCS(=O)(=O)C2)CC[C@H](C)C3)cc1Cl. The highest BCUT2D eigenvalue weighted by atomic mass is 35.5. The zero-order valence-electron chi connectivity index (χ0n) is 18.2. The summed E-state index contributed by atoms with van der Waals surface area (Å²) in [6.45, 7) is 2.16. The Kier molecular flexibility index (Phi) is 6.96. The van der Waals surface area contributed by atoms with Crippen LogP contribution in [0.2, 0.25) is 10.0 Å². The monoisotopic (exact) mass is 530 g/mol. The third kappa shape index (κ3) is 5.16. The standard InChI is InChI=1S/C22H24Cl2N2O5S2/c1-11-3-4-14-17(7-11)32-22(18(14)21(28)25-13-5-6-33(29,30)10-13)26-20(27)12-8-15(23)19(31-2)16(24)9-12/h8-9,11,13H,3-7,10H2,1-2H3,(H,25,28)(H,26,27)/t11-,13-/m0/s1. The number of benzene rings is 1. The van der Waals surface area contributed by atoms with Gasteiger partial charge in [-0.2, -0.15) is 0 Å². The number of amides is 2. The largest absolute Gasteiger partial charge is 0.494 e. The van der Waals surface area contributed by atoms with E-state index in [9.17, 15) is 18.0 Å². The molecular formula is C22H24Cl2N2O5S2. The number of hydrogen-bond donors (Lipinski definition) is 2. The molecule has 0 saturated carbocycles. The molecular weight excluding hydrogens is 507 g/mol. The number of nitrogens with one attached hydrogen (secondary N) is 2. The van der Waals surface area contributed by atoms with Gasteiger partial charge in [0.15, 0.2) is 15.6 Å². The summed E-state index contributed by atoms with van der Waals surface area (Å²) in [6, 6.07) is 2.49. The fourth-order valence-corrected chi connectivity index (χ4v) is 8.02. The van der Waals surface area contributed by atoms with Crippen molar-refractivity contribution in [3.63, 3.8) is 0 Å². The number of anilines is 1. The summed E-state index contributed by atoms with van der Waals surface area (Å²) in [5, 5.41) is 6.57. The lowest BCUT2D eigenvalue weighted by atomic mass is 9.88. The van der Waals surface area contributed by atoms with Crippen LogP contribution in [0.4, 0.5) is 5.00 Å². The molecule has 2 N–H and O–H groups in total. The van der Waals surface area contributed by atoms with Gasteiger partial charge in [-0.3, -0.25) is 9.59 Å². The number of fused-ring (bicyclic) bond motifs is 1. The molecule has 2 amide bonds. The van der Waals surface area contributed by atoms with Gasteiger partial charge in [-0.05, 0) is 49.3 Å². The maximum Gasteiger partial charge on any atom is 0.256 e. The third-order valence-electron chi connectivity index (χ3n) is 6.00. The molecule has 0 spiro atoms. The van der Waals surface area contributed by atoms with Crippen molar-refractivity contribution >= 4 is 61.2 Å². The molecule has 2 aromatic rings. The molecule has 1 aliphatic carbocycles. The second-order valence-electron chi connectivity index (χ2n) is 8.56. The number of methoxy groups -OCH3 is 1. The van der Waals surface area contributed by atoms with Crippen molar-refractivity contribution < 1.29 is 22.7 Å². The maximum absolute atomic E-state index is 13.2. The van der Waals surface area contributed by atoms with E-state index in [1.807, 2.05) is 0 Å². The molecule has 1 aromatic carbocycles. The van der Waals surface area contributed by atoms with Gasteiger partial charge >= 0.3 is 0 Å². The minimum atomic E-state index is -3.13. The Hall–Kier alpha value is -1.81. The normalized spacial score (nSPS) is 21.3. The third-order valence-corrected chi connectivity index (χ3v) is 9.50. The molecule has 1 saturated heterocycles. The highest BCUT2D eigenvalue weighted by Crippen LogP contribution is 2.40. The van der Waals surface area contributed by atoms with Gasteiger partial charge in [0.2, 0.25) is 0 Å². The second-order valence-corrected chi connectivity index (χ2v) is 12.7. The Balaban J connectivity index is 1.64. The van der Waals surface area contributed by atoms with Gasteiger partial charge in [0, 0.05) is 16.5 Å². The average molecular weight is 531 g/mol. The molecule has 0 radical (unpaired) electrons. The van der Waals surface area contributed by atoms with Gasteiger partial charge in [0.1, 0.15) is 5.00 Å². The van der Waals surface area contributed by atoms with E-state index in [4.69, 9.17) is 27.9 Å². The van der Waals surface area contributed by atoms with Crippen LogP contribution in [0.3, 0.4) is 0 Å². The first-order valence-corrected chi connectivity index (χ1v) is 14.0. The fourth-order valence-electron chi connectivity index (χ4n) is 4.31. The minimum absolute atomic E-state index is 0.0629. The number of carbonyl (C=O) groups excluding carboxylic acids is 2. The molecule has 0 unspecified atom stereocenters. The lowest BCUT2D eigenvalue weighted by Crippen LogP contribution is -2.36. The van der Waals surface area contributed by atoms with E-state index in [1.54, 1.807) is 0 Å². The number of carbonyl (C=O) groups is 2. The van der Waals surface area contributed by atoms with Crippen LogP contribution in [0.25, 0.3) is 0 Å². The van der Waals surface area contributed by atoms with Crippen LogP contribution in [0.15, 0.2) is 12.1 Å². The van der Waals surface area contributed by atoms with Crippen molar-refractivity contribution in [3.05, 3.63) is 43.7 Å². The van der Waals surface area contributed by atoms with Crippen LogP contribution < -0.4 is 15.4 Å². The molecule has 1 aromatic heterocycles. The predicted octanol–water partition coefficient (Wildman–Crippen LogP) is 4.36. The first-order valence-electron chi connectivity index (χ1n) is 10.6. The van der Waals surface area contributed by atoms with Crippen molar-refractivity contribution in [3.8, 4) is 5.75 Å². The maximum atomic E-state index is 13.2. The van der Waals surface area contributed by atoms with Crippen molar-refractivity contribution in [2.45, 2.75) is 38.6 Å². The summed E-state index contributed by atoms with van der Waals surface area (Å²) in [7, 11) is -1.70. The summed E-state index contributed by atoms with van der Waals surface area (Å²) in [5.41, 5.74) is 1.58. The first-order chi connectivity index (χ1) is 15.6. The Morgan fingerprint density at radius 1 is 1.15 bits per heavy atom. The number of thiophene rings is 1. The van der Waals surface area contributed by atoms with Gasteiger partial charge < -0.3 is 15.4 Å². The summed E-state index contributed by atoms with van der Waals surface area (Å²) in [4.78, 5) is 27.3. The first kappa shape index (κ1) is 24.3. The molecule has 2 atom stereocenters. The molecule has 2 aliphatic rings. The van der Waals surface area contributed by atoms with Crippen LogP contribution >= 0.6 is 34.5 Å². The summed E-state index contributed by atoms with van der Waals surface area (Å²) >= 11 is 13.7. The van der Waals surface area contributed by atoms with Crippen molar-refractivity contribution in [2.24, 2.45) is 5.92 Å². The Bertz CT molecular complexity index is 1200. The highest BCUT2D eigenvalue weighted by Gasteiger charge is 2.33. The molecule has 1 fully saturated rings. The van der Waals surface area contributed by atoms with Crippen molar-refractivity contribution in [1.82, 2.24) is 5.32 Å². The van der Waals surface area contributed by atoms with Crippen LogP contribution in [0, 0.1) is 5.92 Å². The molecule has 33 heavy (non-hydrogen) atoms. The van der Waals surface area contributed by atoms with Crippen molar-refractivity contribution in [2.75, 3.05) is 23.9 Å². The lowest BCUT2D eigenvalue weighted by Gasteiger charge is -2.19. The number of rotatable bonds is 5. The molecule has 4 rings (SSSR count). The van der Waals surface area contributed by atoms with Gasteiger partial charge in [0.25, 0.3) is 11.8 Å². The molecule has 11 heteroatoms. The van der Waals surface area contributed by atoms with E-state index in [2.05, 4.69) is 17.6 Å². The van der Waals surface area contributed by atoms with Gasteiger partial charge in [-0.1, -0.05) is 30.1 Å². The Morgan fingerprint density at radius 2 is 1.85 bits per heavy atom. The number of halogens is 2. The smallest absolute Gasteiger partial charge is 0.256 e. The van der Waals surface area contributed by atoms with Crippen LogP contribution in [0.1, 0.15) is 50.9 Å². The van der Waals surface area contributed by atoms with Gasteiger partial charge in [-0.25, -0.2) is 8.42 Å². The quantitative estimate of drug-likeness (QED) is 0.597. The summed E-state index contributed by atoms with van der Waals surface area (Å²) in [6.07, 6.45) is 2.89. The molecule has 7 nitrogen and oxygen atoms in total. The minimum Gasteiger partial charge on any atom is -0.494 e. The van der Waals surface area contributed by atoms with E-state index in [0.717, 1.165) is 29.7 Å². The Morgan fingerprint density at radius 3 is 2.45 bits per heavy atom. The number of ether oxygens (including phenoxy) is 1. The lowest BCUT2D eigenvalue weighted by molar-refractivity contribution is 0.0941. The zero-order valence-corrected chi connectivity index (χ0v) is 21.3.